The number of Topliss-reactive ketones (excluding diaryl/α,β-unsaturated/α-hetero) is 1. The number of phenolic OH excluding ortho intramolecular Hbond substituents is 1. The molecule has 4 atom stereocenters. The monoisotopic (exact) mass is 535 g/mol. The zero-order chi connectivity index (χ0) is 28.3. The van der Waals surface area contributed by atoms with E-state index in [0.29, 0.717) is 41.0 Å². The van der Waals surface area contributed by atoms with Crippen LogP contribution in [-0.4, -0.2) is 35.1 Å². The van der Waals surface area contributed by atoms with Gasteiger partial charge in [0.2, 0.25) is 11.8 Å². The Bertz CT molecular complexity index is 1590. The van der Waals surface area contributed by atoms with Crippen LogP contribution in [0.5, 0.6) is 11.5 Å². The predicted octanol–water partition coefficient (Wildman–Crippen LogP) is 5.07. The number of rotatable bonds is 5. The van der Waals surface area contributed by atoms with Crippen LogP contribution in [0, 0.1) is 17.8 Å². The molecule has 0 bridgehead atoms. The number of aromatic hydroxyl groups is 1. The molecule has 1 aliphatic heterocycles. The summed E-state index contributed by atoms with van der Waals surface area (Å²) in [7, 11) is 0. The molecule has 4 aliphatic rings. The maximum atomic E-state index is 14.0. The number of amides is 2. The number of carbonyl (C=O) groups excluding carboxylic acids is 4. The second-order valence-corrected chi connectivity index (χ2v) is 10.7. The van der Waals surface area contributed by atoms with Crippen molar-refractivity contribution in [1.29, 1.82) is 0 Å². The third kappa shape index (κ3) is 3.79. The molecular weight excluding hydrogens is 506 g/mol. The van der Waals surface area contributed by atoms with E-state index in [1.807, 2.05) is 25.1 Å². The molecule has 2 aromatic rings. The summed E-state index contributed by atoms with van der Waals surface area (Å²) in [5.41, 5.74) is 4.10. The molecular formula is C33H29NO6. The summed E-state index contributed by atoms with van der Waals surface area (Å²) in [5.74, 6) is -2.96. The molecule has 1 heterocycles. The van der Waals surface area contributed by atoms with E-state index >= 15 is 0 Å². The van der Waals surface area contributed by atoms with Gasteiger partial charge in [-0.2, -0.15) is 0 Å². The second-order valence-electron chi connectivity index (χ2n) is 10.7. The smallest absolute Gasteiger partial charge is 0.238 e. The van der Waals surface area contributed by atoms with Crippen molar-refractivity contribution in [3.8, 4) is 11.5 Å². The summed E-state index contributed by atoms with van der Waals surface area (Å²) in [6.07, 6.45) is 5.61. The molecule has 40 heavy (non-hydrogen) atoms. The molecule has 1 N–H and O–H groups in total. The van der Waals surface area contributed by atoms with E-state index in [0.717, 1.165) is 11.1 Å². The lowest BCUT2D eigenvalue weighted by Gasteiger charge is -2.42. The van der Waals surface area contributed by atoms with E-state index < -0.39 is 23.7 Å². The van der Waals surface area contributed by atoms with Crippen LogP contribution in [0.2, 0.25) is 0 Å². The average molecular weight is 536 g/mol. The van der Waals surface area contributed by atoms with Gasteiger partial charge in [-0.25, -0.2) is 0 Å². The zero-order valence-electron chi connectivity index (χ0n) is 22.3. The molecule has 1 saturated heterocycles. The lowest BCUT2D eigenvalue weighted by atomic mass is 9.59. The Morgan fingerprint density at radius 3 is 2.50 bits per heavy atom. The van der Waals surface area contributed by atoms with Gasteiger partial charge in [0, 0.05) is 22.6 Å². The first-order chi connectivity index (χ1) is 19.2. The fourth-order valence-electron chi connectivity index (χ4n) is 6.74. The van der Waals surface area contributed by atoms with Crippen molar-refractivity contribution < 1.29 is 29.0 Å². The summed E-state index contributed by atoms with van der Waals surface area (Å²) in [6, 6.07) is 12.0. The molecule has 2 aromatic carbocycles. The number of anilines is 1. The third-order valence-corrected chi connectivity index (χ3v) is 8.57. The zero-order valence-corrected chi connectivity index (χ0v) is 22.3. The van der Waals surface area contributed by atoms with Gasteiger partial charge in [-0.1, -0.05) is 42.5 Å². The predicted molar refractivity (Wildman–Crippen MR) is 150 cm³/mol. The van der Waals surface area contributed by atoms with E-state index in [2.05, 4.69) is 6.58 Å². The number of ketones is 2. The molecule has 7 nitrogen and oxygen atoms in total. The third-order valence-electron chi connectivity index (χ3n) is 8.57. The summed E-state index contributed by atoms with van der Waals surface area (Å²) in [6.45, 7) is 7.54. The van der Waals surface area contributed by atoms with Crippen LogP contribution in [0.3, 0.4) is 0 Å². The van der Waals surface area contributed by atoms with Crippen LogP contribution in [0.15, 0.2) is 83.5 Å². The molecule has 0 radical (unpaired) electrons. The number of carbonyl (C=O) groups is 4. The number of phenols is 1. The quantitative estimate of drug-likeness (QED) is 0.326. The van der Waals surface area contributed by atoms with E-state index in [-0.39, 0.29) is 41.3 Å². The Morgan fingerprint density at radius 1 is 1.05 bits per heavy atom. The summed E-state index contributed by atoms with van der Waals surface area (Å²) in [5, 5.41) is 10.3. The molecule has 2 amide bonds. The van der Waals surface area contributed by atoms with Crippen LogP contribution in [0.1, 0.15) is 43.7 Å². The number of benzene rings is 2. The van der Waals surface area contributed by atoms with Gasteiger partial charge in [0.15, 0.2) is 23.1 Å². The minimum absolute atomic E-state index is 0.0262. The molecule has 7 heteroatoms. The molecule has 0 spiro atoms. The Hall–Kier alpha value is -4.52. The lowest BCUT2D eigenvalue weighted by Crippen LogP contribution is -2.39. The highest BCUT2D eigenvalue weighted by Gasteiger charge is 2.56. The number of imide groups is 1. The van der Waals surface area contributed by atoms with E-state index in [4.69, 9.17) is 4.74 Å². The Balaban J connectivity index is 1.47. The highest BCUT2D eigenvalue weighted by Crippen LogP contribution is 2.55. The van der Waals surface area contributed by atoms with Gasteiger partial charge < -0.3 is 9.84 Å². The largest absolute Gasteiger partial charge is 0.504 e. The fraction of sp³-hybridized carbons (Fsp3) is 0.273. The molecule has 4 unspecified atom stereocenters. The van der Waals surface area contributed by atoms with E-state index in [1.54, 1.807) is 37.3 Å². The lowest BCUT2D eigenvalue weighted by molar-refractivity contribution is -0.123. The Kier molecular flexibility index (Phi) is 6.17. The van der Waals surface area contributed by atoms with Crippen molar-refractivity contribution in [2.24, 2.45) is 17.8 Å². The van der Waals surface area contributed by atoms with Gasteiger partial charge in [0.05, 0.1) is 24.1 Å². The number of hydrogen-bond acceptors (Lipinski definition) is 6. The maximum Gasteiger partial charge on any atom is 0.238 e. The molecule has 0 aromatic heterocycles. The minimum Gasteiger partial charge on any atom is -0.504 e. The molecule has 3 aliphatic carbocycles. The average Bonchev–Trinajstić information content (AvgIpc) is 3.21. The van der Waals surface area contributed by atoms with Gasteiger partial charge in [0.1, 0.15) is 0 Å². The van der Waals surface area contributed by atoms with Gasteiger partial charge in [-0.15, -0.1) is 0 Å². The van der Waals surface area contributed by atoms with Crippen LogP contribution in [0.25, 0.3) is 6.08 Å². The Morgan fingerprint density at radius 2 is 1.80 bits per heavy atom. The Labute approximate surface area is 232 Å². The number of allylic oxidation sites excluding steroid dienone is 6. The standard InChI is InChI=1S/C33H29NO6/c1-4-18-6-9-20(10-7-18)34-32(38)22-12-11-21-23(29(22)33(34)39)16-24-26(36)14-17(3)31(37)30(24)28(21)19-8-13-25(35)27(15-19)40-5-2/h4,6-11,13-15,22-23,28-29,35H,1,5,12,16H2,2-3H3. The summed E-state index contributed by atoms with van der Waals surface area (Å²) in [4.78, 5) is 55.7. The highest BCUT2D eigenvalue weighted by molar-refractivity contribution is 6.25. The van der Waals surface area contributed by atoms with Gasteiger partial charge in [0.25, 0.3) is 0 Å². The first-order valence-corrected chi connectivity index (χ1v) is 13.5. The summed E-state index contributed by atoms with van der Waals surface area (Å²) >= 11 is 0. The van der Waals surface area contributed by atoms with Crippen molar-refractivity contribution >= 4 is 35.1 Å². The van der Waals surface area contributed by atoms with Crippen molar-refractivity contribution in [3.05, 3.63) is 94.6 Å². The summed E-state index contributed by atoms with van der Waals surface area (Å²) < 4.78 is 5.63. The maximum absolute atomic E-state index is 14.0. The normalized spacial score (nSPS) is 25.7. The SMILES string of the molecule is C=Cc1ccc(N2C(=O)C3CC=C4C(c5ccc(O)c(OCC)c5)C5=C(CC4C3C2=O)C(=O)C=C(C)C5=O)cc1. The van der Waals surface area contributed by atoms with Crippen molar-refractivity contribution in [3.63, 3.8) is 0 Å². The van der Waals surface area contributed by atoms with Crippen molar-refractivity contribution in [2.75, 3.05) is 11.5 Å². The number of fused-ring (bicyclic) bond motifs is 3. The molecule has 6 rings (SSSR count). The van der Waals surface area contributed by atoms with Gasteiger partial charge >= 0.3 is 0 Å². The topological polar surface area (TPSA) is 101 Å². The fourth-order valence-corrected chi connectivity index (χ4v) is 6.74. The van der Waals surface area contributed by atoms with E-state index in [9.17, 15) is 24.3 Å². The number of nitrogens with zero attached hydrogens (tertiary/aromatic N) is 1. The molecule has 202 valence electrons. The number of hydrogen-bond donors (Lipinski definition) is 1. The second kappa shape index (κ2) is 9.59. The first-order valence-electron chi connectivity index (χ1n) is 13.5. The van der Waals surface area contributed by atoms with Gasteiger partial charge in [-0.3, -0.25) is 24.1 Å². The molecule has 1 fully saturated rings. The highest BCUT2D eigenvalue weighted by atomic mass is 16.5. The van der Waals surface area contributed by atoms with Gasteiger partial charge in [-0.05, 0) is 74.1 Å². The van der Waals surface area contributed by atoms with E-state index in [1.165, 1.54) is 17.0 Å². The van der Waals surface area contributed by atoms with Crippen LogP contribution in [-0.2, 0) is 19.2 Å². The van der Waals surface area contributed by atoms with Crippen molar-refractivity contribution in [2.45, 2.75) is 32.6 Å². The van der Waals surface area contributed by atoms with Crippen LogP contribution < -0.4 is 9.64 Å². The van der Waals surface area contributed by atoms with Crippen molar-refractivity contribution in [1.82, 2.24) is 0 Å². The number of ether oxygens (including phenoxy) is 1. The van der Waals surface area contributed by atoms with Crippen LogP contribution >= 0.6 is 0 Å². The minimum atomic E-state index is -0.651. The van der Waals surface area contributed by atoms with Crippen LogP contribution in [0.4, 0.5) is 5.69 Å². The first kappa shape index (κ1) is 25.7. The molecule has 0 saturated carbocycles.